The van der Waals surface area contributed by atoms with Crippen LogP contribution in [-0.4, -0.2) is 135 Å². The van der Waals surface area contributed by atoms with Gasteiger partial charge in [0.25, 0.3) is 0 Å². The molecule has 64 heavy (non-hydrogen) atoms. The lowest BCUT2D eigenvalue weighted by atomic mass is 9.99. The van der Waals surface area contributed by atoms with Gasteiger partial charge in [0.15, 0.2) is 5.96 Å². The number of benzene rings is 1. The van der Waals surface area contributed by atoms with Gasteiger partial charge in [0.05, 0.1) is 12.5 Å². The van der Waals surface area contributed by atoms with Crippen molar-refractivity contribution in [2.45, 2.75) is 134 Å². The predicted octanol–water partition coefficient (Wildman–Crippen LogP) is -2.35. The Balaban J connectivity index is 2.41. The maximum atomic E-state index is 14.1. The number of carboxylic acids is 2. The minimum Gasteiger partial charge on any atom is -0.508 e. The van der Waals surface area contributed by atoms with Crippen LogP contribution in [0.5, 0.6) is 5.75 Å². The molecule has 2 rings (SSSR count). The Morgan fingerprint density at radius 3 is 1.84 bits per heavy atom. The van der Waals surface area contributed by atoms with Crippen LogP contribution in [0, 0.1) is 11.8 Å². The summed E-state index contributed by atoms with van der Waals surface area (Å²) in [7, 11) is 0. The highest BCUT2D eigenvalue weighted by Crippen LogP contribution is 2.21. The van der Waals surface area contributed by atoms with Gasteiger partial charge in [-0.2, -0.15) is 0 Å². The van der Waals surface area contributed by atoms with Crippen molar-refractivity contribution in [3.05, 3.63) is 29.8 Å². The lowest BCUT2D eigenvalue weighted by Gasteiger charge is -2.31. The van der Waals surface area contributed by atoms with Crippen LogP contribution in [-0.2, 0) is 49.6 Å². The van der Waals surface area contributed by atoms with Crippen LogP contribution in [0.2, 0.25) is 0 Å². The van der Waals surface area contributed by atoms with E-state index in [1.807, 2.05) is 13.8 Å². The number of aliphatic imine (C=N–C) groups is 1. The molecule has 1 saturated heterocycles. The molecule has 356 valence electrons. The first-order valence-corrected chi connectivity index (χ1v) is 21.1. The van der Waals surface area contributed by atoms with E-state index >= 15 is 0 Å². The molecule has 0 aliphatic carbocycles. The Bertz CT molecular complexity index is 1840. The van der Waals surface area contributed by atoms with Gasteiger partial charge in [-0.15, -0.1) is 0 Å². The monoisotopic (exact) mass is 903 g/mol. The van der Waals surface area contributed by atoms with E-state index in [0.29, 0.717) is 12.0 Å². The van der Waals surface area contributed by atoms with Gasteiger partial charge in [-0.1, -0.05) is 39.8 Å². The molecule has 7 amide bonds. The van der Waals surface area contributed by atoms with Crippen molar-refractivity contribution in [1.29, 1.82) is 0 Å². The van der Waals surface area contributed by atoms with Gasteiger partial charge in [-0.25, -0.2) is 4.79 Å². The average molecular weight is 904 g/mol. The number of hydrogen-bond donors (Lipinski definition) is 12. The lowest BCUT2D eigenvalue weighted by Crippen LogP contribution is -2.60. The van der Waals surface area contributed by atoms with Gasteiger partial charge in [0.1, 0.15) is 42.0 Å². The molecule has 7 atom stereocenters. The van der Waals surface area contributed by atoms with E-state index in [4.69, 9.17) is 28.0 Å². The standard InChI is InChI=1S/C41H65N11O12/c1-21(2)17-28(36(59)50-29(19-23-9-11-24(53)12-10-23)37(60)48-27(40(63)64)13-14-33(55)56)49-35(58)26(7-5-15-46-41(44)45)47-38(61)31-8-6-16-52(31)39(62)30(18-22(3)4)51-34(57)25(42)20-32(43)54/h9-12,21-22,25-31,53H,5-8,13-20,42H2,1-4H3,(H2,43,54)(H,47,61)(H,48,60)(H,49,58)(H,50,59)(H,51,57)(H,55,56)(H,63,64)(H4,44,45,46)/t25-,26-,27-,28-,29-,30-,31-/m0/s1. The smallest absolute Gasteiger partial charge is 0.326 e. The number of phenols is 1. The molecule has 0 radical (unpaired) electrons. The van der Waals surface area contributed by atoms with Gasteiger partial charge in [-0.3, -0.25) is 43.3 Å². The van der Waals surface area contributed by atoms with Crippen LogP contribution >= 0.6 is 0 Å². The number of phenolic OH excluding ortho intramolecular Hbond substituents is 1. The largest absolute Gasteiger partial charge is 0.508 e. The summed E-state index contributed by atoms with van der Waals surface area (Å²) >= 11 is 0. The van der Waals surface area contributed by atoms with Gasteiger partial charge in [-0.05, 0) is 74.5 Å². The summed E-state index contributed by atoms with van der Waals surface area (Å²) in [6.45, 7) is 7.41. The quantitative estimate of drug-likeness (QED) is 0.0250. The Labute approximate surface area is 371 Å². The number of primary amides is 1. The van der Waals surface area contributed by atoms with Crippen LogP contribution in [0.4, 0.5) is 0 Å². The number of nitrogens with one attached hydrogen (secondary N) is 5. The number of carbonyl (C=O) groups excluding carboxylic acids is 7. The van der Waals surface area contributed by atoms with E-state index in [1.165, 1.54) is 29.2 Å². The fourth-order valence-corrected chi connectivity index (χ4v) is 6.95. The molecule has 1 heterocycles. The van der Waals surface area contributed by atoms with Crippen LogP contribution in [0.25, 0.3) is 0 Å². The molecule has 1 fully saturated rings. The zero-order valence-electron chi connectivity index (χ0n) is 36.7. The van der Waals surface area contributed by atoms with Crippen molar-refractivity contribution >= 4 is 59.2 Å². The summed E-state index contributed by atoms with van der Waals surface area (Å²) in [6.07, 6.45) is -0.686. The highest BCUT2D eigenvalue weighted by Gasteiger charge is 2.40. The first-order valence-electron chi connectivity index (χ1n) is 21.1. The lowest BCUT2D eigenvalue weighted by molar-refractivity contribution is -0.143. The number of carboxylic acid groups (broad SMARTS) is 2. The zero-order valence-corrected chi connectivity index (χ0v) is 36.7. The van der Waals surface area contributed by atoms with Crippen LogP contribution < -0.4 is 49.5 Å². The number of nitrogens with two attached hydrogens (primary N) is 4. The molecule has 0 spiro atoms. The minimum absolute atomic E-state index is 0.0341. The summed E-state index contributed by atoms with van der Waals surface area (Å²) in [4.78, 5) is 122. The van der Waals surface area contributed by atoms with Crippen molar-refractivity contribution in [3.8, 4) is 5.75 Å². The first kappa shape index (κ1) is 53.6. The molecule has 0 aromatic heterocycles. The molecule has 1 aromatic rings. The van der Waals surface area contributed by atoms with E-state index in [-0.39, 0.29) is 75.2 Å². The van der Waals surface area contributed by atoms with Gasteiger partial charge in [0, 0.05) is 25.9 Å². The number of amides is 7. The van der Waals surface area contributed by atoms with Crippen LogP contribution in [0.3, 0.4) is 0 Å². The normalized spacial score (nSPS) is 16.3. The Morgan fingerprint density at radius 1 is 0.734 bits per heavy atom. The second kappa shape index (κ2) is 26.2. The molecule has 1 aliphatic rings. The van der Waals surface area contributed by atoms with Gasteiger partial charge >= 0.3 is 11.9 Å². The fraction of sp³-hybridized carbons (Fsp3) is 0.610. The maximum Gasteiger partial charge on any atom is 0.326 e. The predicted molar refractivity (Wildman–Crippen MR) is 231 cm³/mol. The molecule has 0 bridgehead atoms. The molecule has 23 nitrogen and oxygen atoms in total. The number of rotatable bonds is 27. The summed E-state index contributed by atoms with van der Waals surface area (Å²) in [5, 5.41) is 41.4. The highest BCUT2D eigenvalue weighted by atomic mass is 16.4. The van der Waals surface area contributed by atoms with Crippen LogP contribution in [0.1, 0.15) is 91.0 Å². The molecular weight excluding hydrogens is 839 g/mol. The van der Waals surface area contributed by atoms with E-state index in [9.17, 15) is 53.4 Å². The van der Waals surface area contributed by atoms with Crippen molar-refractivity contribution in [3.63, 3.8) is 0 Å². The second-order valence-electron chi connectivity index (χ2n) is 16.6. The third kappa shape index (κ3) is 18.8. The third-order valence-electron chi connectivity index (χ3n) is 10.1. The number of guanidine groups is 1. The molecule has 1 aliphatic heterocycles. The Kier molecular flexibility index (Phi) is 21.9. The topological polar surface area (TPSA) is 394 Å². The summed E-state index contributed by atoms with van der Waals surface area (Å²) < 4.78 is 0. The highest BCUT2D eigenvalue weighted by molar-refractivity contribution is 5.97. The minimum atomic E-state index is -1.62. The molecule has 23 heteroatoms. The van der Waals surface area contributed by atoms with Crippen LogP contribution in [0.15, 0.2) is 29.3 Å². The SMILES string of the molecule is CC(C)C[C@H](NC(=O)[C@H](CCCN=C(N)N)NC(=O)[C@@H]1CCCN1C(=O)[C@H](CC(C)C)NC(=O)[C@@H](N)CC(N)=O)C(=O)N[C@@H](Cc1ccc(O)cc1)C(=O)N[C@@H](CCC(=O)O)C(=O)O. The number of likely N-dealkylation sites (tertiary alicyclic amines) is 1. The maximum absolute atomic E-state index is 14.1. The number of aliphatic carboxylic acids is 2. The van der Waals surface area contributed by atoms with Crippen molar-refractivity contribution in [2.24, 2.45) is 39.8 Å². The molecule has 1 aromatic carbocycles. The zero-order chi connectivity index (χ0) is 48.3. The van der Waals surface area contributed by atoms with E-state index in [2.05, 4.69) is 31.6 Å². The summed E-state index contributed by atoms with van der Waals surface area (Å²) in [6, 6.07) is -3.51. The Morgan fingerprint density at radius 2 is 1.28 bits per heavy atom. The Hall–Kier alpha value is -6.52. The third-order valence-corrected chi connectivity index (χ3v) is 10.1. The van der Waals surface area contributed by atoms with E-state index < -0.39 is 115 Å². The summed E-state index contributed by atoms with van der Waals surface area (Å²) in [5.74, 6) is -8.84. The number of aromatic hydroxyl groups is 1. The fourth-order valence-electron chi connectivity index (χ4n) is 6.95. The van der Waals surface area contributed by atoms with Crippen molar-refractivity contribution in [2.75, 3.05) is 13.1 Å². The average Bonchev–Trinajstić information content (AvgIpc) is 3.69. The van der Waals surface area contributed by atoms with E-state index in [0.717, 1.165) is 0 Å². The van der Waals surface area contributed by atoms with Gasteiger partial charge < -0.3 is 69.7 Å². The van der Waals surface area contributed by atoms with E-state index in [1.54, 1.807) is 13.8 Å². The van der Waals surface area contributed by atoms with Gasteiger partial charge in [0.2, 0.25) is 41.4 Å². The molecule has 0 saturated carbocycles. The second-order valence-corrected chi connectivity index (χ2v) is 16.6. The molecule has 0 unspecified atom stereocenters. The number of carbonyl (C=O) groups is 9. The number of nitrogens with zero attached hydrogens (tertiary/aromatic N) is 2. The summed E-state index contributed by atoms with van der Waals surface area (Å²) in [5.41, 5.74) is 22.4. The molecular formula is C41H65N11O12. The number of hydrogen-bond acceptors (Lipinski definition) is 12. The molecule has 16 N–H and O–H groups in total. The van der Waals surface area contributed by atoms with Crippen molar-refractivity contribution < 1.29 is 58.5 Å². The van der Waals surface area contributed by atoms with Crippen molar-refractivity contribution in [1.82, 2.24) is 31.5 Å². The first-order chi connectivity index (χ1) is 30.0.